The van der Waals surface area contributed by atoms with Crippen molar-refractivity contribution in [3.8, 4) is 17.2 Å². The van der Waals surface area contributed by atoms with Crippen LogP contribution in [0, 0.1) is 0 Å². The molecule has 2 aliphatic rings. The Kier molecular flexibility index (Phi) is 8.42. The Labute approximate surface area is 223 Å². The second kappa shape index (κ2) is 11.7. The van der Waals surface area contributed by atoms with Gasteiger partial charge in [0.25, 0.3) is 0 Å². The Morgan fingerprint density at radius 3 is 2.34 bits per heavy atom. The molecular formula is C30H35NO7. The summed E-state index contributed by atoms with van der Waals surface area (Å²) in [6, 6.07) is 12.3. The summed E-state index contributed by atoms with van der Waals surface area (Å²) >= 11 is 0. The summed E-state index contributed by atoms with van der Waals surface area (Å²) in [5.74, 6) is 0.128. The molecule has 2 N–H and O–H groups in total. The van der Waals surface area contributed by atoms with Crippen LogP contribution in [0.1, 0.15) is 56.6 Å². The molecule has 0 spiro atoms. The van der Waals surface area contributed by atoms with Crippen LogP contribution in [-0.4, -0.2) is 50.4 Å². The molecule has 0 saturated carbocycles. The van der Waals surface area contributed by atoms with Gasteiger partial charge in [-0.05, 0) is 68.5 Å². The summed E-state index contributed by atoms with van der Waals surface area (Å²) in [5, 5.41) is 13.2. The lowest BCUT2D eigenvalue weighted by atomic mass is 9.71. The van der Waals surface area contributed by atoms with Gasteiger partial charge in [0, 0.05) is 29.3 Å². The zero-order valence-electron chi connectivity index (χ0n) is 22.5. The summed E-state index contributed by atoms with van der Waals surface area (Å²) in [6.07, 6.45) is 0.906. The van der Waals surface area contributed by atoms with Gasteiger partial charge in [0.15, 0.2) is 17.3 Å². The molecule has 4 rings (SSSR count). The van der Waals surface area contributed by atoms with Crippen LogP contribution in [-0.2, 0) is 19.1 Å². The van der Waals surface area contributed by atoms with E-state index in [9.17, 15) is 14.7 Å². The number of benzene rings is 2. The predicted octanol–water partition coefficient (Wildman–Crippen LogP) is 4.74. The van der Waals surface area contributed by atoms with Gasteiger partial charge >= 0.3 is 5.97 Å². The number of allylic oxidation sites excluding steroid dienone is 3. The number of dihydropyridines is 1. The molecule has 2 unspecified atom stereocenters. The zero-order chi connectivity index (χ0) is 27.4. The van der Waals surface area contributed by atoms with Crippen LogP contribution in [0.2, 0.25) is 0 Å². The smallest absolute Gasteiger partial charge is 0.336 e. The first-order valence-corrected chi connectivity index (χ1v) is 12.8. The van der Waals surface area contributed by atoms with E-state index in [4.69, 9.17) is 18.9 Å². The number of rotatable bonds is 9. The van der Waals surface area contributed by atoms with Gasteiger partial charge in [0.05, 0.1) is 32.5 Å². The summed E-state index contributed by atoms with van der Waals surface area (Å²) in [7, 11) is 3.17. The molecule has 0 radical (unpaired) electrons. The van der Waals surface area contributed by atoms with Crippen LogP contribution in [0.4, 0.5) is 0 Å². The summed E-state index contributed by atoms with van der Waals surface area (Å²) in [6.45, 7) is 6.05. The van der Waals surface area contributed by atoms with E-state index in [-0.39, 0.29) is 43.2 Å². The molecule has 1 heterocycles. The number of esters is 1. The van der Waals surface area contributed by atoms with Gasteiger partial charge in [-0.15, -0.1) is 0 Å². The number of ketones is 1. The van der Waals surface area contributed by atoms with E-state index in [0.29, 0.717) is 34.8 Å². The highest BCUT2D eigenvalue weighted by Gasteiger charge is 2.41. The van der Waals surface area contributed by atoms with Gasteiger partial charge in [0.2, 0.25) is 0 Å². The minimum absolute atomic E-state index is 0.0296. The fraction of sp³-hybridized carbons (Fsp3) is 0.400. The van der Waals surface area contributed by atoms with Crippen molar-refractivity contribution in [1.82, 2.24) is 5.32 Å². The first-order valence-electron chi connectivity index (χ1n) is 12.8. The maximum absolute atomic E-state index is 13.8. The second-order valence-corrected chi connectivity index (χ2v) is 9.78. The van der Waals surface area contributed by atoms with E-state index in [2.05, 4.69) is 5.32 Å². The first-order chi connectivity index (χ1) is 18.2. The highest BCUT2D eigenvalue weighted by molar-refractivity contribution is 6.04. The molecule has 0 aromatic heterocycles. The molecule has 1 aliphatic carbocycles. The standard InChI is InChI=1S/C30H35NO7/c1-17(2)37-12-13-38-30(34)27-18(3)31-23-14-21(20-8-11-25(35-4)26(16-20)36-5)15-24(33)29(23)28(27)19-6-9-22(32)10-7-19/h6-11,16-17,21,28,31-32H,12-15H2,1-5H3. The predicted molar refractivity (Wildman–Crippen MR) is 142 cm³/mol. The largest absolute Gasteiger partial charge is 0.508 e. The number of methoxy groups -OCH3 is 2. The lowest BCUT2D eigenvalue weighted by Crippen LogP contribution is -2.36. The van der Waals surface area contributed by atoms with Crippen LogP contribution in [0.3, 0.4) is 0 Å². The minimum atomic E-state index is -0.607. The van der Waals surface area contributed by atoms with Gasteiger partial charge in [-0.1, -0.05) is 18.2 Å². The average Bonchev–Trinajstić information content (AvgIpc) is 2.90. The Balaban J connectivity index is 1.68. The van der Waals surface area contributed by atoms with Gasteiger partial charge in [-0.3, -0.25) is 4.79 Å². The van der Waals surface area contributed by atoms with E-state index in [0.717, 1.165) is 16.8 Å². The normalized spacial score (nSPS) is 19.3. The van der Waals surface area contributed by atoms with Gasteiger partial charge in [-0.25, -0.2) is 4.79 Å². The quantitative estimate of drug-likeness (QED) is 0.360. The number of nitrogens with one attached hydrogen (secondary N) is 1. The highest BCUT2D eigenvalue weighted by Crippen LogP contribution is 2.46. The first kappa shape index (κ1) is 27.3. The van der Waals surface area contributed by atoms with Crippen LogP contribution in [0.5, 0.6) is 17.2 Å². The van der Waals surface area contributed by atoms with E-state index >= 15 is 0 Å². The molecule has 0 amide bonds. The van der Waals surface area contributed by atoms with Crippen molar-refractivity contribution in [3.05, 3.63) is 76.1 Å². The highest BCUT2D eigenvalue weighted by atomic mass is 16.6. The van der Waals surface area contributed by atoms with E-state index < -0.39 is 11.9 Å². The Morgan fingerprint density at radius 1 is 1.00 bits per heavy atom. The van der Waals surface area contributed by atoms with Gasteiger partial charge in [0.1, 0.15) is 12.4 Å². The van der Waals surface area contributed by atoms with Crippen LogP contribution in [0.25, 0.3) is 0 Å². The Hall–Kier alpha value is -3.78. The maximum atomic E-state index is 13.8. The summed E-state index contributed by atoms with van der Waals surface area (Å²) < 4.78 is 21.9. The molecule has 2 aromatic rings. The number of hydrogen-bond donors (Lipinski definition) is 2. The lowest BCUT2D eigenvalue weighted by Gasteiger charge is -2.36. The van der Waals surface area contributed by atoms with E-state index in [1.165, 1.54) is 0 Å². The van der Waals surface area contributed by atoms with Gasteiger partial charge < -0.3 is 29.4 Å². The number of phenols is 1. The molecule has 2 aromatic carbocycles. The van der Waals surface area contributed by atoms with Crippen molar-refractivity contribution in [2.24, 2.45) is 0 Å². The van der Waals surface area contributed by atoms with Gasteiger partial charge in [-0.2, -0.15) is 0 Å². The SMILES string of the molecule is COc1ccc(C2CC(=O)C3=C(C2)NC(C)=C(C(=O)OCCOC(C)C)C3c2ccc(O)cc2)cc1OC. The number of hydrogen-bond acceptors (Lipinski definition) is 8. The number of ether oxygens (including phenoxy) is 4. The van der Waals surface area contributed by atoms with E-state index in [1.54, 1.807) is 38.5 Å². The van der Waals surface area contributed by atoms with Crippen LogP contribution in [0.15, 0.2) is 65.0 Å². The third-order valence-corrected chi connectivity index (χ3v) is 6.92. The fourth-order valence-electron chi connectivity index (χ4n) is 5.15. The number of Topliss-reactive ketones (excluding diaryl/α,β-unsaturated/α-hetero) is 1. The molecule has 0 bridgehead atoms. The van der Waals surface area contributed by atoms with E-state index in [1.807, 2.05) is 39.0 Å². The average molecular weight is 522 g/mol. The number of phenolic OH excluding ortho intramolecular Hbond substituents is 1. The third-order valence-electron chi connectivity index (χ3n) is 6.92. The van der Waals surface area contributed by atoms with Crippen molar-refractivity contribution in [2.45, 2.75) is 51.6 Å². The Morgan fingerprint density at radius 2 is 1.68 bits per heavy atom. The fourth-order valence-corrected chi connectivity index (χ4v) is 5.15. The minimum Gasteiger partial charge on any atom is -0.508 e. The molecule has 1 aliphatic heterocycles. The van der Waals surface area contributed by atoms with Crippen LogP contribution < -0.4 is 14.8 Å². The molecule has 0 fully saturated rings. The van der Waals surface area contributed by atoms with Crippen molar-refractivity contribution in [2.75, 3.05) is 27.4 Å². The molecule has 38 heavy (non-hydrogen) atoms. The molecule has 0 saturated heterocycles. The zero-order valence-corrected chi connectivity index (χ0v) is 22.5. The third kappa shape index (κ3) is 5.70. The van der Waals surface area contributed by atoms with Crippen LogP contribution >= 0.6 is 0 Å². The van der Waals surface area contributed by atoms with Crippen molar-refractivity contribution in [3.63, 3.8) is 0 Å². The van der Waals surface area contributed by atoms with Crippen molar-refractivity contribution >= 4 is 11.8 Å². The van der Waals surface area contributed by atoms with Crippen molar-refractivity contribution < 1.29 is 33.6 Å². The molecule has 2 atom stereocenters. The molecule has 202 valence electrons. The lowest BCUT2D eigenvalue weighted by molar-refractivity contribution is -0.141. The molecular weight excluding hydrogens is 486 g/mol. The van der Waals surface area contributed by atoms with Crippen molar-refractivity contribution in [1.29, 1.82) is 0 Å². The number of aromatic hydroxyl groups is 1. The number of carbonyl (C=O) groups excluding carboxylic acids is 2. The molecule has 8 nitrogen and oxygen atoms in total. The summed E-state index contributed by atoms with van der Waals surface area (Å²) in [4.78, 5) is 27.1. The number of carbonyl (C=O) groups is 2. The maximum Gasteiger partial charge on any atom is 0.336 e. The molecule has 8 heteroatoms. The summed E-state index contributed by atoms with van der Waals surface area (Å²) in [5.41, 5.74) is 4.08. The monoisotopic (exact) mass is 521 g/mol. The Bertz CT molecular complexity index is 1260. The second-order valence-electron chi connectivity index (χ2n) is 9.78. The topological polar surface area (TPSA) is 103 Å².